The van der Waals surface area contributed by atoms with Crippen LogP contribution in [0.4, 0.5) is 0 Å². The summed E-state index contributed by atoms with van der Waals surface area (Å²) < 4.78 is 17.3. The number of esters is 2. The summed E-state index contributed by atoms with van der Waals surface area (Å²) in [6.45, 7) is 20.6. The summed E-state index contributed by atoms with van der Waals surface area (Å²) >= 11 is 0. The third-order valence-corrected chi connectivity index (χ3v) is 5.61. The molecular formula is C33H40O6. The van der Waals surface area contributed by atoms with Gasteiger partial charge in [-0.15, -0.1) is 13.2 Å². The first-order chi connectivity index (χ1) is 18.2. The van der Waals surface area contributed by atoms with E-state index in [2.05, 4.69) is 13.2 Å². The van der Waals surface area contributed by atoms with E-state index in [9.17, 15) is 14.4 Å². The fraction of sp³-hybridized carbons (Fsp3) is 0.364. The van der Waals surface area contributed by atoms with Gasteiger partial charge in [0.05, 0.1) is 23.0 Å². The van der Waals surface area contributed by atoms with Gasteiger partial charge >= 0.3 is 11.9 Å². The summed E-state index contributed by atoms with van der Waals surface area (Å²) in [4.78, 5) is 38.2. The molecule has 2 aromatic carbocycles. The van der Waals surface area contributed by atoms with Gasteiger partial charge in [-0.25, -0.2) is 0 Å². The number of hydrogen-bond acceptors (Lipinski definition) is 6. The van der Waals surface area contributed by atoms with E-state index in [1.165, 1.54) is 6.08 Å². The summed E-state index contributed by atoms with van der Waals surface area (Å²) in [5, 5.41) is 0. The lowest BCUT2D eigenvalue weighted by molar-refractivity contribution is -0.143. The second-order valence-corrected chi connectivity index (χ2v) is 11.2. The normalized spacial score (nSPS) is 11.7. The zero-order valence-electron chi connectivity index (χ0n) is 24.2. The van der Waals surface area contributed by atoms with Crippen molar-refractivity contribution in [3.63, 3.8) is 0 Å². The molecule has 0 saturated carbocycles. The van der Waals surface area contributed by atoms with Gasteiger partial charge in [-0.3, -0.25) is 14.4 Å². The molecule has 0 atom stereocenters. The number of benzene rings is 2. The van der Waals surface area contributed by atoms with Crippen LogP contribution < -0.4 is 14.2 Å². The molecule has 0 amide bonds. The fourth-order valence-corrected chi connectivity index (χ4v) is 3.44. The first kappa shape index (κ1) is 31.3. The van der Waals surface area contributed by atoms with E-state index in [0.717, 1.165) is 11.1 Å². The van der Waals surface area contributed by atoms with Crippen molar-refractivity contribution in [3.8, 4) is 17.2 Å². The van der Waals surface area contributed by atoms with Crippen LogP contribution in [0.1, 0.15) is 75.5 Å². The van der Waals surface area contributed by atoms with Gasteiger partial charge in [-0.05, 0) is 115 Å². The van der Waals surface area contributed by atoms with Crippen LogP contribution in [0.5, 0.6) is 17.2 Å². The van der Waals surface area contributed by atoms with E-state index < -0.39 is 16.8 Å². The monoisotopic (exact) mass is 532 g/mol. The molecule has 0 aliphatic carbocycles. The minimum Gasteiger partial charge on any atom is -0.493 e. The zero-order chi connectivity index (χ0) is 29.4. The second kappa shape index (κ2) is 13.2. The summed E-state index contributed by atoms with van der Waals surface area (Å²) in [7, 11) is 0. The third-order valence-electron chi connectivity index (χ3n) is 5.61. The van der Waals surface area contributed by atoms with Crippen molar-refractivity contribution in [1.29, 1.82) is 0 Å². The van der Waals surface area contributed by atoms with Crippen LogP contribution >= 0.6 is 0 Å². The van der Waals surface area contributed by atoms with Crippen molar-refractivity contribution in [2.45, 2.75) is 61.3 Å². The molecule has 0 aliphatic rings. The van der Waals surface area contributed by atoms with Crippen LogP contribution in [0, 0.1) is 10.8 Å². The molecule has 0 fully saturated rings. The minimum atomic E-state index is -0.744. The Morgan fingerprint density at radius 1 is 0.795 bits per heavy atom. The van der Waals surface area contributed by atoms with E-state index in [-0.39, 0.29) is 11.8 Å². The number of allylic oxidation sites excluding steroid dienone is 3. The Morgan fingerprint density at radius 2 is 1.31 bits per heavy atom. The number of hydrogen-bond donors (Lipinski definition) is 0. The minimum absolute atomic E-state index is 0.279. The third kappa shape index (κ3) is 8.54. The molecule has 0 radical (unpaired) electrons. The molecule has 2 rings (SSSR count). The number of carbonyl (C=O) groups excluding carboxylic acids is 3. The van der Waals surface area contributed by atoms with Crippen LogP contribution in [0.3, 0.4) is 0 Å². The maximum Gasteiger partial charge on any atom is 0.316 e. The Morgan fingerprint density at radius 3 is 1.79 bits per heavy atom. The Hall–Kier alpha value is -3.93. The van der Waals surface area contributed by atoms with Crippen molar-refractivity contribution in [2.75, 3.05) is 6.61 Å². The van der Waals surface area contributed by atoms with Crippen LogP contribution in [0.25, 0.3) is 6.08 Å². The molecule has 6 nitrogen and oxygen atoms in total. The van der Waals surface area contributed by atoms with Crippen LogP contribution in [0.2, 0.25) is 0 Å². The average Bonchev–Trinajstić information content (AvgIpc) is 2.85. The highest BCUT2D eigenvalue weighted by Gasteiger charge is 2.28. The summed E-state index contributed by atoms with van der Waals surface area (Å²) in [5.41, 5.74) is 1.12. The van der Waals surface area contributed by atoms with Gasteiger partial charge in [0.15, 0.2) is 5.78 Å². The molecule has 0 saturated heterocycles. The van der Waals surface area contributed by atoms with Crippen molar-refractivity contribution >= 4 is 23.8 Å². The van der Waals surface area contributed by atoms with Crippen molar-refractivity contribution in [3.05, 3.63) is 84.0 Å². The molecule has 6 heteroatoms. The van der Waals surface area contributed by atoms with Gasteiger partial charge < -0.3 is 14.2 Å². The molecule has 0 unspecified atom stereocenters. The number of ether oxygens (including phenoxy) is 3. The summed E-state index contributed by atoms with van der Waals surface area (Å²) in [6, 6.07) is 8.29. The van der Waals surface area contributed by atoms with Gasteiger partial charge in [0, 0.05) is 5.56 Å². The van der Waals surface area contributed by atoms with Gasteiger partial charge in [-0.2, -0.15) is 0 Å². The van der Waals surface area contributed by atoms with Crippen LogP contribution in [0.15, 0.2) is 61.7 Å². The maximum atomic E-state index is 13.1. The van der Waals surface area contributed by atoms with E-state index in [4.69, 9.17) is 14.2 Å². The highest BCUT2D eigenvalue weighted by atomic mass is 16.5. The number of carbonyl (C=O) groups is 3. The first-order valence-corrected chi connectivity index (χ1v) is 13.0. The molecule has 0 heterocycles. The standard InChI is InChI=1S/C33H40O6/c1-10-13-23-21-24(14-11-2)29(39-31(36)33(7,8)9)26(28(23)37-12-3)19-20-27(34)22-15-17-25(18-16-22)38-30(35)32(4,5)6/h10-11,15-21H,1-2,12-14H2,3-9H3. The van der Waals surface area contributed by atoms with E-state index in [1.807, 2.05) is 13.0 Å². The number of ketones is 1. The fourth-order valence-electron chi connectivity index (χ4n) is 3.44. The highest BCUT2D eigenvalue weighted by Crippen LogP contribution is 2.39. The summed E-state index contributed by atoms with van der Waals surface area (Å²) in [6.07, 6.45) is 7.50. The lowest BCUT2D eigenvalue weighted by Gasteiger charge is -2.22. The van der Waals surface area contributed by atoms with Crippen LogP contribution in [-0.2, 0) is 22.4 Å². The highest BCUT2D eigenvalue weighted by molar-refractivity contribution is 6.07. The van der Waals surface area contributed by atoms with Gasteiger partial charge in [0.2, 0.25) is 0 Å². The molecule has 0 N–H and O–H groups in total. The average molecular weight is 533 g/mol. The Labute approximate surface area is 232 Å². The van der Waals surface area contributed by atoms with Crippen molar-refractivity contribution < 1.29 is 28.6 Å². The topological polar surface area (TPSA) is 78.9 Å². The number of rotatable bonds is 11. The van der Waals surface area contributed by atoms with Crippen molar-refractivity contribution in [2.24, 2.45) is 10.8 Å². The maximum absolute atomic E-state index is 13.1. The second-order valence-electron chi connectivity index (χ2n) is 11.2. The first-order valence-electron chi connectivity index (χ1n) is 13.0. The summed E-state index contributed by atoms with van der Waals surface area (Å²) in [5.74, 6) is 0.162. The molecule has 2 aromatic rings. The zero-order valence-corrected chi connectivity index (χ0v) is 24.2. The molecular weight excluding hydrogens is 492 g/mol. The SMILES string of the molecule is C=CCc1cc(CC=C)c(OC(=O)C(C)(C)C)c(C=CC(=O)c2ccc(OC(=O)C(C)(C)C)cc2)c1OCC. The molecule has 208 valence electrons. The largest absolute Gasteiger partial charge is 0.493 e. The smallest absolute Gasteiger partial charge is 0.316 e. The van der Waals surface area contributed by atoms with E-state index >= 15 is 0 Å². The van der Waals surface area contributed by atoms with Gasteiger partial charge in [0.25, 0.3) is 0 Å². The molecule has 39 heavy (non-hydrogen) atoms. The lowest BCUT2D eigenvalue weighted by Crippen LogP contribution is -2.26. The van der Waals surface area contributed by atoms with E-state index in [0.29, 0.717) is 47.8 Å². The van der Waals surface area contributed by atoms with E-state index in [1.54, 1.807) is 84.0 Å². The predicted octanol–water partition coefficient (Wildman–Crippen LogP) is 7.34. The molecule has 0 bridgehead atoms. The molecule has 0 aromatic heterocycles. The van der Waals surface area contributed by atoms with Gasteiger partial charge in [0.1, 0.15) is 17.2 Å². The van der Waals surface area contributed by atoms with Crippen LogP contribution in [-0.4, -0.2) is 24.3 Å². The Bertz CT molecular complexity index is 1250. The van der Waals surface area contributed by atoms with Crippen molar-refractivity contribution in [1.82, 2.24) is 0 Å². The van der Waals surface area contributed by atoms with Gasteiger partial charge in [-0.1, -0.05) is 12.2 Å². The lowest BCUT2D eigenvalue weighted by atomic mass is 9.95. The quantitative estimate of drug-likeness (QED) is 0.0990. The molecule has 0 spiro atoms. The Kier molecular flexibility index (Phi) is 10.6. The Balaban J connectivity index is 2.56. The predicted molar refractivity (Wildman–Crippen MR) is 155 cm³/mol. The molecule has 0 aliphatic heterocycles.